The lowest BCUT2D eigenvalue weighted by molar-refractivity contribution is 0.373. The van der Waals surface area contributed by atoms with E-state index in [0.717, 1.165) is 38.3 Å². The zero-order valence-electron chi connectivity index (χ0n) is 13.0. The molecule has 0 bridgehead atoms. The number of piperidine rings is 1. The van der Waals surface area contributed by atoms with Gasteiger partial charge in [-0.2, -0.15) is 0 Å². The third kappa shape index (κ3) is 4.45. The van der Waals surface area contributed by atoms with Crippen LogP contribution in [0.15, 0.2) is 29.2 Å². The van der Waals surface area contributed by atoms with Crippen LogP contribution in [0, 0.1) is 5.92 Å². The van der Waals surface area contributed by atoms with Crippen molar-refractivity contribution >= 4 is 15.5 Å². The number of sulfone groups is 1. The number of anilines is 1. The summed E-state index contributed by atoms with van der Waals surface area (Å²) in [6.45, 7) is 6.12. The molecule has 0 radical (unpaired) electrons. The largest absolute Gasteiger partial charge is 0.370 e. The lowest BCUT2D eigenvalue weighted by Gasteiger charge is -2.32. The van der Waals surface area contributed by atoms with Crippen LogP contribution in [-0.4, -0.2) is 40.9 Å². The summed E-state index contributed by atoms with van der Waals surface area (Å²) < 4.78 is 24.0. The summed E-state index contributed by atoms with van der Waals surface area (Å²) >= 11 is 0. The Morgan fingerprint density at radius 3 is 2.52 bits per heavy atom. The molecule has 1 aliphatic heterocycles. The normalized spacial score (nSPS) is 16.9. The zero-order valence-corrected chi connectivity index (χ0v) is 13.8. The van der Waals surface area contributed by atoms with E-state index in [0.29, 0.717) is 10.8 Å². The monoisotopic (exact) mass is 310 g/mol. The maximum absolute atomic E-state index is 12.0. The molecule has 4 nitrogen and oxygen atoms in total. The van der Waals surface area contributed by atoms with Gasteiger partial charge in [0.05, 0.1) is 10.6 Å². The van der Waals surface area contributed by atoms with Gasteiger partial charge in [0.1, 0.15) is 0 Å². The van der Waals surface area contributed by atoms with E-state index in [4.69, 9.17) is 0 Å². The van der Waals surface area contributed by atoms with Gasteiger partial charge in [-0.3, -0.25) is 0 Å². The fraction of sp³-hybridized carbons (Fsp3) is 0.625. The SMILES string of the molecule is CCCN(CC1CCNCC1)c1ccccc1S(C)(=O)=O. The predicted octanol–water partition coefficient (Wildman–Crippen LogP) is 2.31. The first-order valence-corrected chi connectivity index (χ1v) is 9.66. The molecule has 2 rings (SSSR count). The lowest BCUT2D eigenvalue weighted by atomic mass is 9.97. The van der Waals surface area contributed by atoms with E-state index in [1.54, 1.807) is 12.1 Å². The molecule has 1 aliphatic rings. The van der Waals surface area contributed by atoms with Gasteiger partial charge in [-0.15, -0.1) is 0 Å². The van der Waals surface area contributed by atoms with E-state index in [-0.39, 0.29) is 0 Å². The number of nitrogens with one attached hydrogen (secondary N) is 1. The Morgan fingerprint density at radius 2 is 1.90 bits per heavy atom. The molecule has 1 aromatic rings. The van der Waals surface area contributed by atoms with E-state index in [1.165, 1.54) is 19.1 Å². The number of hydrogen-bond donors (Lipinski definition) is 1. The standard InChI is InChI=1S/C16H26N2O2S/c1-3-12-18(13-14-8-10-17-11-9-14)15-6-4-5-7-16(15)21(2,19)20/h4-7,14,17H,3,8-13H2,1-2H3. The summed E-state index contributed by atoms with van der Waals surface area (Å²) in [5.74, 6) is 0.644. The number of nitrogens with zero attached hydrogens (tertiary/aromatic N) is 1. The average Bonchev–Trinajstić information content (AvgIpc) is 2.47. The van der Waals surface area contributed by atoms with E-state index >= 15 is 0 Å². The van der Waals surface area contributed by atoms with Gasteiger partial charge in [-0.25, -0.2) is 8.42 Å². The molecule has 1 aromatic carbocycles. The molecule has 1 heterocycles. The summed E-state index contributed by atoms with van der Waals surface area (Å²) in [5, 5.41) is 3.38. The minimum Gasteiger partial charge on any atom is -0.370 e. The third-order valence-electron chi connectivity index (χ3n) is 4.04. The molecule has 0 atom stereocenters. The first-order chi connectivity index (χ1) is 10.0. The van der Waals surface area contributed by atoms with Gasteiger partial charge in [0.2, 0.25) is 0 Å². The van der Waals surface area contributed by atoms with Crippen LogP contribution in [-0.2, 0) is 9.84 Å². The Morgan fingerprint density at radius 1 is 1.24 bits per heavy atom. The van der Waals surface area contributed by atoms with Crippen LogP contribution >= 0.6 is 0 Å². The Kier molecular flexibility index (Phi) is 5.65. The highest BCUT2D eigenvalue weighted by atomic mass is 32.2. The van der Waals surface area contributed by atoms with Gasteiger partial charge < -0.3 is 10.2 Å². The van der Waals surface area contributed by atoms with Crippen molar-refractivity contribution in [3.63, 3.8) is 0 Å². The Labute approximate surface area is 128 Å². The molecule has 1 N–H and O–H groups in total. The number of para-hydroxylation sites is 1. The van der Waals surface area contributed by atoms with Gasteiger partial charge in [0.15, 0.2) is 9.84 Å². The molecule has 1 fully saturated rings. The number of benzene rings is 1. The van der Waals surface area contributed by atoms with E-state index in [1.807, 2.05) is 12.1 Å². The Balaban J connectivity index is 2.25. The molecule has 0 spiro atoms. The zero-order chi connectivity index (χ0) is 15.3. The molecule has 0 amide bonds. The van der Waals surface area contributed by atoms with E-state index in [2.05, 4.69) is 17.1 Å². The molecule has 5 heteroatoms. The van der Waals surface area contributed by atoms with Crippen LogP contribution in [0.1, 0.15) is 26.2 Å². The number of rotatable bonds is 6. The highest BCUT2D eigenvalue weighted by Gasteiger charge is 2.21. The minimum atomic E-state index is -3.19. The van der Waals surface area contributed by atoms with E-state index in [9.17, 15) is 8.42 Å². The molecule has 0 unspecified atom stereocenters. The fourth-order valence-electron chi connectivity index (χ4n) is 2.99. The quantitative estimate of drug-likeness (QED) is 0.876. The van der Waals surface area contributed by atoms with Gasteiger partial charge in [0.25, 0.3) is 0 Å². The maximum atomic E-state index is 12.0. The molecule has 0 aromatic heterocycles. The summed E-state index contributed by atoms with van der Waals surface area (Å²) in [6, 6.07) is 7.38. The molecular weight excluding hydrogens is 284 g/mol. The molecule has 118 valence electrons. The van der Waals surface area contributed by atoms with Crippen LogP contribution < -0.4 is 10.2 Å². The van der Waals surface area contributed by atoms with Crippen molar-refractivity contribution in [1.82, 2.24) is 5.32 Å². The molecule has 21 heavy (non-hydrogen) atoms. The van der Waals surface area contributed by atoms with Gasteiger partial charge >= 0.3 is 0 Å². The van der Waals surface area contributed by atoms with Crippen molar-refractivity contribution in [2.24, 2.45) is 5.92 Å². The van der Waals surface area contributed by atoms with E-state index < -0.39 is 9.84 Å². The van der Waals surface area contributed by atoms with Crippen molar-refractivity contribution in [3.05, 3.63) is 24.3 Å². The average molecular weight is 310 g/mol. The summed E-state index contributed by atoms with van der Waals surface area (Å²) in [5.41, 5.74) is 0.861. The molecule has 1 saturated heterocycles. The van der Waals surface area contributed by atoms with Gasteiger partial charge in [-0.1, -0.05) is 19.1 Å². The first-order valence-electron chi connectivity index (χ1n) is 7.77. The van der Waals surface area contributed by atoms with Gasteiger partial charge in [0, 0.05) is 19.3 Å². The first kappa shape index (κ1) is 16.3. The van der Waals surface area contributed by atoms with Crippen LogP contribution in [0.3, 0.4) is 0 Å². The predicted molar refractivity (Wildman–Crippen MR) is 87.6 cm³/mol. The minimum absolute atomic E-state index is 0.451. The molecular formula is C16H26N2O2S. The second-order valence-corrected chi connectivity index (χ2v) is 7.86. The van der Waals surface area contributed by atoms with Crippen molar-refractivity contribution in [3.8, 4) is 0 Å². The summed E-state index contributed by atoms with van der Waals surface area (Å²) in [4.78, 5) is 2.71. The summed E-state index contributed by atoms with van der Waals surface area (Å²) in [6.07, 6.45) is 4.64. The third-order valence-corrected chi connectivity index (χ3v) is 5.18. The Bertz CT molecular complexity index is 551. The topological polar surface area (TPSA) is 49.4 Å². The summed E-state index contributed by atoms with van der Waals surface area (Å²) in [7, 11) is -3.19. The van der Waals surface area contributed by atoms with Crippen molar-refractivity contribution in [2.45, 2.75) is 31.1 Å². The molecule has 0 aliphatic carbocycles. The lowest BCUT2D eigenvalue weighted by Crippen LogP contribution is -2.37. The maximum Gasteiger partial charge on any atom is 0.177 e. The smallest absolute Gasteiger partial charge is 0.177 e. The fourth-order valence-corrected chi connectivity index (χ4v) is 3.89. The highest BCUT2D eigenvalue weighted by molar-refractivity contribution is 7.90. The van der Waals surface area contributed by atoms with Crippen LogP contribution in [0.4, 0.5) is 5.69 Å². The highest BCUT2D eigenvalue weighted by Crippen LogP contribution is 2.27. The molecule has 0 saturated carbocycles. The van der Waals surface area contributed by atoms with Crippen molar-refractivity contribution in [2.75, 3.05) is 37.3 Å². The Hall–Kier alpha value is -1.07. The van der Waals surface area contributed by atoms with Crippen molar-refractivity contribution < 1.29 is 8.42 Å². The number of hydrogen-bond acceptors (Lipinski definition) is 4. The van der Waals surface area contributed by atoms with Gasteiger partial charge in [-0.05, 0) is 50.4 Å². The van der Waals surface area contributed by atoms with Crippen LogP contribution in [0.2, 0.25) is 0 Å². The second kappa shape index (κ2) is 7.27. The second-order valence-electron chi connectivity index (χ2n) is 5.88. The van der Waals surface area contributed by atoms with Crippen LogP contribution in [0.5, 0.6) is 0 Å². The van der Waals surface area contributed by atoms with Crippen molar-refractivity contribution in [1.29, 1.82) is 0 Å². The van der Waals surface area contributed by atoms with Crippen LogP contribution in [0.25, 0.3) is 0 Å².